The van der Waals surface area contributed by atoms with E-state index in [1.165, 1.54) is 6.92 Å². The average molecular weight is 361 g/mol. The molecule has 1 aromatic carbocycles. The number of esters is 1. The lowest BCUT2D eigenvalue weighted by Crippen LogP contribution is -2.59. The molecule has 0 radical (unpaired) electrons. The van der Waals surface area contributed by atoms with Crippen molar-refractivity contribution in [3.63, 3.8) is 0 Å². The van der Waals surface area contributed by atoms with Crippen molar-refractivity contribution < 1.29 is 28.8 Å². The lowest BCUT2D eigenvalue weighted by molar-refractivity contribution is -0.153. The van der Waals surface area contributed by atoms with Crippen LogP contribution in [0, 0.1) is 0 Å². The monoisotopic (exact) mass is 361 g/mol. The molecule has 3 aliphatic heterocycles. The Morgan fingerprint density at radius 3 is 3.00 bits per heavy atom. The van der Waals surface area contributed by atoms with Crippen molar-refractivity contribution >= 4 is 5.97 Å². The highest BCUT2D eigenvalue weighted by atomic mass is 16.7. The van der Waals surface area contributed by atoms with Crippen molar-refractivity contribution in [3.8, 4) is 17.2 Å². The van der Waals surface area contributed by atoms with Gasteiger partial charge in [0.2, 0.25) is 12.5 Å². The lowest BCUT2D eigenvalue weighted by Gasteiger charge is -2.51. The number of aliphatic hydroxyl groups excluding tert-OH is 1. The zero-order chi connectivity index (χ0) is 18.1. The SMILES string of the molecule is COc1c2c(cc3c1OCO3)[C@@]13CCN(C2)[C@@H]1CC(OC(C)=O)CC3O. The van der Waals surface area contributed by atoms with Crippen molar-refractivity contribution in [3.05, 3.63) is 17.2 Å². The fourth-order valence-corrected chi connectivity index (χ4v) is 5.59. The van der Waals surface area contributed by atoms with E-state index in [4.69, 9.17) is 18.9 Å². The van der Waals surface area contributed by atoms with Gasteiger partial charge in [0.25, 0.3) is 0 Å². The summed E-state index contributed by atoms with van der Waals surface area (Å²) in [5.41, 5.74) is 1.81. The van der Waals surface area contributed by atoms with Crippen LogP contribution in [0.5, 0.6) is 17.2 Å². The van der Waals surface area contributed by atoms with Crippen molar-refractivity contribution in [1.29, 1.82) is 0 Å². The summed E-state index contributed by atoms with van der Waals surface area (Å²) in [4.78, 5) is 13.8. The summed E-state index contributed by atoms with van der Waals surface area (Å²) in [6.07, 6.45) is 1.26. The summed E-state index contributed by atoms with van der Waals surface area (Å²) < 4.78 is 22.4. The zero-order valence-electron chi connectivity index (χ0n) is 15.0. The van der Waals surface area contributed by atoms with Gasteiger partial charge in [-0.1, -0.05) is 0 Å². The predicted octanol–water partition coefficient (Wildman–Crippen LogP) is 1.34. The molecule has 1 aliphatic carbocycles. The molecule has 1 saturated carbocycles. The van der Waals surface area contributed by atoms with Crippen LogP contribution in [-0.4, -0.2) is 54.7 Å². The highest BCUT2D eigenvalue weighted by Crippen LogP contribution is 2.58. The molecular weight excluding hydrogens is 338 g/mol. The van der Waals surface area contributed by atoms with E-state index in [2.05, 4.69) is 4.90 Å². The number of carbonyl (C=O) groups is 1. The van der Waals surface area contributed by atoms with Gasteiger partial charge in [-0.05, 0) is 24.6 Å². The number of methoxy groups -OCH3 is 1. The number of nitrogens with zero attached hydrogens (tertiary/aromatic N) is 1. The van der Waals surface area contributed by atoms with Gasteiger partial charge in [0, 0.05) is 43.3 Å². The third-order valence-corrected chi connectivity index (χ3v) is 6.54. The molecule has 7 nitrogen and oxygen atoms in total. The molecule has 140 valence electrons. The van der Waals surface area contributed by atoms with Crippen LogP contribution in [0.3, 0.4) is 0 Å². The van der Waals surface area contributed by atoms with E-state index in [1.54, 1.807) is 7.11 Å². The van der Waals surface area contributed by atoms with Gasteiger partial charge in [0.05, 0.1) is 13.2 Å². The molecule has 5 rings (SSSR count). The number of fused-ring (bicyclic) bond motifs is 2. The molecule has 3 unspecified atom stereocenters. The van der Waals surface area contributed by atoms with Crippen LogP contribution in [0.25, 0.3) is 0 Å². The van der Waals surface area contributed by atoms with E-state index in [0.29, 0.717) is 23.7 Å². The van der Waals surface area contributed by atoms with Gasteiger partial charge >= 0.3 is 5.97 Å². The van der Waals surface area contributed by atoms with Gasteiger partial charge < -0.3 is 24.1 Å². The molecule has 5 atom stereocenters. The standard InChI is InChI=1S/C19H23NO6/c1-10(21)26-11-5-15-19(16(22)6-11)3-4-20(15)8-12-13(19)7-14-18(17(12)23-2)25-9-24-14/h7,11,15-16,22H,3-6,8-9H2,1-2H3/t11?,15-,16?,19+/m1/s1. The minimum absolute atomic E-state index is 0.146. The highest BCUT2D eigenvalue weighted by Gasteiger charge is 2.60. The van der Waals surface area contributed by atoms with E-state index in [-0.39, 0.29) is 30.3 Å². The fourth-order valence-electron chi connectivity index (χ4n) is 5.59. The number of hydrogen-bond donors (Lipinski definition) is 1. The first-order valence-electron chi connectivity index (χ1n) is 9.14. The Morgan fingerprint density at radius 1 is 1.38 bits per heavy atom. The molecule has 1 N–H and O–H groups in total. The summed E-state index contributed by atoms with van der Waals surface area (Å²) in [6, 6.07) is 2.18. The summed E-state index contributed by atoms with van der Waals surface area (Å²) in [6.45, 7) is 3.25. The Kier molecular flexibility index (Phi) is 3.43. The van der Waals surface area contributed by atoms with Crippen LogP contribution in [0.1, 0.15) is 37.3 Å². The minimum Gasteiger partial charge on any atom is -0.492 e. The molecule has 0 spiro atoms. The van der Waals surface area contributed by atoms with Gasteiger partial charge in [-0.3, -0.25) is 9.69 Å². The molecule has 1 aromatic rings. The highest BCUT2D eigenvalue weighted by molar-refractivity contribution is 5.66. The second kappa shape index (κ2) is 5.50. The molecular formula is C19H23NO6. The summed E-state index contributed by atoms with van der Waals surface area (Å²) in [5.74, 6) is 1.77. The Balaban J connectivity index is 1.63. The van der Waals surface area contributed by atoms with Crippen molar-refractivity contribution in [2.24, 2.45) is 0 Å². The van der Waals surface area contributed by atoms with Crippen LogP contribution in [-0.2, 0) is 21.5 Å². The van der Waals surface area contributed by atoms with Gasteiger partial charge in [0.15, 0.2) is 11.5 Å². The maximum absolute atomic E-state index is 11.4. The molecule has 7 heteroatoms. The molecule has 2 fully saturated rings. The number of hydrogen-bond acceptors (Lipinski definition) is 7. The largest absolute Gasteiger partial charge is 0.492 e. The third kappa shape index (κ3) is 1.98. The summed E-state index contributed by atoms with van der Waals surface area (Å²) in [7, 11) is 1.65. The Labute approximate surface area is 151 Å². The van der Waals surface area contributed by atoms with Gasteiger partial charge in [-0.15, -0.1) is 0 Å². The maximum Gasteiger partial charge on any atom is 0.302 e. The number of ether oxygens (including phenoxy) is 4. The second-order valence-corrected chi connectivity index (χ2v) is 7.66. The first-order chi connectivity index (χ1) is 12.5. The van der Waals surface area contributed by atoms with Gasteiger partial charge in [0.1, 0.15) is 6.10 Å². The molecule has 1 saturated heterocycles. The molecule has 0 aromatic heterocycles. The number of rotatable bonds is 2. The van der Waals surface area contributed by atoms with Crippen LogP contribution < -0.4 is 14.2 Å². The van der Waals surface area contributed by atoms with E-state index >= 15 is 0 Å². The molecule has 4 aliphatic rings. The number of aliphatic hydroxyl groups is 1. The topological polar surface area (TPSA) is 77.5 Å². The van der Waals surface area contributed by atoms with E-state index in [0.717, 1.165) is 37.1 Å². The molecule has 26 heavy (non-hydrogen) atoms. The average Bonchev–Trinajstić information content (AvgIpc) is 3.15. The van der Waals surface area contributed by atoms with E-state index in [9.17, 15) is 9.90 Å². The quantitative estimate of drug-likeness (QED) is 0.797. The zero-order valence-corrected chi connectivity index (χ0v) is 15.0. The van der Waals surface area contributed by atoms with Crippen molar-refractivity contribution in [2.45, 2.75) is 56.4 Å². The van der Waals surface area contributed by atoms with Crippen LogP contribution in [0.4, 0.5) is 0 Å². The Hall–Kier alpha value is -1.99. The Bertz CT molecular complexity index is 780. The summed E-state index contributed by atoms with van der Waals surface area (Å²) >= 11 is 0. The normalized spacial score (nSPS) is 36.3. The lowest BCUT2D eigenvalue weighted by atomic mass is 9.61. The van der Waals surface area contributed by atoms with E-state index in [1.807, 2.05) is 6.07 Å². The first-order valence-corrected chi connectivity index (χ1v) is 9.14. The minimum atomic E-state index is -0.584. The number of carbonyl (C=O) groups excluding carboxylic acids is 1. The maximum atomic E-state index is 11.4. The molecule has 2 bridgehead atoms. The van der Waals surface area contributed by atoms with Crippen LogP contribution in [0.2, 0.25) is 0 Å². The third-order valence-electron chi connectivity index (χ3n) is 6.54. The van der Waals surface area contributed by atoms with Crippen molar-refractivity contribution in [2.75, 3.05) is 20.4 Å². The molecule has 3 heterocycles. The van der Waals surface area contributed by atoms with Gasteiger partial charge in [-0.25, -0.2) is 0 Å². The predicted molar refractivity (Wildman–Crippen MR) is 90.4 cm³/mol. The number of benzene rings is 1. The smallest absolute Gasteiger partial charge is 0.302 e. The Morgan fingerprint density at radius 2 is 2.23 bits per heavy atom. The van der Waals surface area contributed by atoms with Crippen molar-refractivity contribution in [1.82, 2.24) is 4.90 Å². The molecule has 0 amide bonds. The second-order valence-electron chi connectivity index (χ2n) is 7.66. The van der Waals surface area contributed by atoms with Crippen LogP contribution in [0.15, 0.2) is 6.07 Å². The summed E-state index contributed by atoms with van der Waals surface area (Å²) in [5, 5.41) is 11.2. The van der Waals surface area contributed by atoms with Gasteiger partial charge in [-0.2, -0.15) is 0 Å². The first kappa shape index (κ1) is 16.2. The fraction of sp³-hybridized carbons (Fsp3) is 0.632. The van der Waals surface area contributed by atoms with Crippen LogP contribution >= 0.6 is 0 Å². The van der Waals surface area contributed by atoms with E-state index < -0.39 is 6.10 Å².